The number of hydrogen-bond donors (Lipinski definition) is 1. The van der Waals surface area contributed by atoms with Crippen molar-refractivity contribution < 1.29 is 24.1 Å². The predicted molar refractivity (Wildman–Crippen MR) is 123 cm³/mol. The summed E-state index contributed by atoms with van der Waals surface area (Å²) in [5, 5.41) is 12.1. The summed E-state index contributed by atoms with van der Waals surface area (Å²) in [6.07, 6.45) is 1.96. The summed E-state index contributed by atoms with van der Waals surface area (Å²) >= 11 is 3.81. The molecule has 31 heavy (non-hydrogen) atoms. The van der Waals surface area contributed by atoms with Gasteiger partial charge in [0, 0.05) is 13.1 Å². The van der Waals surface area contributed by atoms with E-state index in [4.69, 9.17) is 14.2 Å². The Morgan fingerprint density at radius 1 is 1.32 bits per heavy atom. The van der Waals surface area contributed by atoms with Crippen LogP contribution in [0.3, 0.4) is 0 Å². The highest BCUT2D eigenvalue weighted by molar-refractivity contribution is 9.10. The molecule has 1 heterocycles. The average molecular weight is 494 g/mol. The van der Waals surface area contributed by atoms with Crippen molar-refractivity contribution in [2.75, 3.05) is 33.9 Å². The van der Waals surface area contributed by atoms with Gasteiger partial charge in [-0.2, -0.15) is 0 Å². The van der Waals surface area contributed by atoms with Crippen LogP contribution in [0.1, 0.15) is 45.6 Å². The van der Waals surface area contributed by atoms with Crippen LogP contribution in [0.4, 0.5) is 0 Å². The molecule has 3 atom stereocenters. The molecular formula is C24H32BrNO5. The van der Waals surface area contributed by atoms with Gasteiger partial charge in [-0.1, -0.05) is 40.3 Å². The Hall–Kier alpha value is -1.75. The fourth-order valence-corrected chi connectivity index (χ4v) is 6.08. The molecule has 1 saturated carbocycles. The zero-order valence-electron chi connectivity index (χ0n) is 19.0. The number of ether oxygens (including phenoxy) is 3. The summed E-state index contributed by atoms with van der Waals surface area (Å²) in [5.41, 5.74) is -2.13. The Morgan fingerprint density at radius 3 is 2.71 bits per heavy atom. The van der Waals surface area contributed by atoms with E-state index in [2.05, 4.69) is 32.7 Å². The number of hydrogen-bond acceptors (Lipinski definition) is 6. The Labute approximate surface area is 193 Å². The highest BCUT2D eigenvalue weighted by atomic mass is 79.9. The lowest BCUT2D eigenvalue weighted by atomic mass is 9.55. The Balaban J connectivity index is 2.15. The zero-order chi connectivity index (χ0) is 22.9. The molecule has 1 aliphatic carbocycles. The summed E-state index contributed by atoms with van der Waals surface area (Å²) in [7, 11) is 3.54. The first-order chi connectivity index (χ1) is 14.6. The summed E-state index contributed by atoms with van der Waals surface area (Å²) in [6, 6.07) is 5.48. The Kier molecular flexibility index (Phi) is 6.95. The number of alkyl halides is 1. The second-order valence-corrected chi connectivity index (χ2v) is 10.3. The molecule has 0 spiro atoms. The maximum absolute atomic E-state index is 13.2. The molecule has 1 aliphatic heterocycles. The fraction of sp³-hybridized carbons (Fsp3) is 0.625. The van der Waals surface area contributed by atoms with Crippen molar-refractivity contribution in [1.82, 2.24) is 4.90 Å². The van der Waals surface area contributed by atoms with Gasteiger partial charge < -0.3 is 24.2 Å². The number of aliphatic hydroxyl groups is 1. The third-order valence-corrected chi connectivity index (χ3v) is 7.40. The minimum absolute atomic E-state index is 0.0731. The van der Waals surface area contributed by atoms with Crippen LogP contribution in [0.2, 0.25) is 0 Å². The van der Waals surface area contributed by atoms with Gasteiger partial charge in [0.2, 0.25) is 0 Å². The van der Waals surface area contributed by atoms with E-state index in [1.165, 1.54) is 0 Å². The fourth-order valence-electron chi connectivity index (χ4n) is 4.90. The Bertz CT molecular complexity index is 894. The van der Waals surface area contributed by atoms with Gasteiger partial charge in [-0.3, -0.25) is 4.79 Å². The summed E-state index contributed by atoms with van der Waals surface area (Å²) < 4.78 is 16.1. The highest BCUT2D eigenvalue weighted by Gasteiger charge is 2.70. The second kappa shape index (κ2) is 9.01. The average Bonchev–Trinajstić information content (AvgIpc) is 2.69. The summed E-state index contributed by atoms with van der Waals surface area (Å²) in [5.74, 6) is 6.96. The van der Waals surface area contributed by atoms with Crippen molar-refractivity contribution in [3.8, 4) is 23.3 Å². The van der Waals surface area contributed by atoms with Crippen LogP contribution < -0.4 is 9.47 Å². The first kappa shape index (κ1) is 23.9. The summed E-state index contributed by atoms with van der Waals surface area (Å²) in [6.45, 7) is 6.86. The second-order valence-electron chi connectivity index (χ2n) is 8.76. The molecule has 0 unspecified atom stereocenters. The van der Waals surface area contributed by atoms with Crippen molar-refractivity contribution in [3.05, 3.63) is 23.8 Å². The Morgan fingerprint density at radius 2 is 2.06 bits per heavy atom. The van der Waals surface area contributed by atoms with E-state index in [1.807, 2.05) is 39.1 Å². The molecule has 170 valence electrons. The molecular weight excluding hydrogens is 462 g/mol. The van der Waals surface area contributed by atoms with E-state index < -0.39 is 21.3 Å². The summed E-state index contributed by atoms with van der Waals surface area (Å²) in [4.78, 5) is 15.3. The van der Waals surface area contributed by atoms with E-state index >= 15 is 0 Å². The van der Waals surface area contributed by atoms with Crippen molar-refractivity contribution in [3.63, 3.8) is 0 Å². The van der Waals surface area contributed by atoms with E-state index in [-0.39, 0.29) is 12.7 Å². The number of piperidine rings is 1. The molecule has 1 aromatic rings. The third kappa shape index (κ3) is 4.06. The number of likely N-dealkylation sites (tertiary alicyclic amines) is 1. The van der Waals surface area contributed by atoms with Crippen LogP contribution in [0.15, 0.2) is 18.2 Å². The van der Waals surface area contributed by atoms with Crippen LogP contribution in [-0.2, 0) is 9.53 Å². The van der Waals surface area contributed by atoms with Gasteiger partial charge in [0.1, 0.15) is 5.41 Å². The molecule has 2 aliphatic rings. The molecule has 1 saturated heterocycles. The standard InChI is InChI=1S/C24H32BrNO5/c1-6-30-21(27)22-12-8-13-23(25,16-26(4)15-22)24(22,28)14-11-18-9-7-10-19(29-5)20(18)31-17(2)3/h7,9-10,17,28H,6,8,12-13,15-16H2,1-5H3/t22-,23-,24-/m0/s1. The number of fused-ring (bicyclic) bond motifs is 2. The number of carbonyl (C=O) groups excluding carboxylic acids is 1. The molecule has 6 nitrogen and oxygen atoms in total. The van der Waals surface area contributed by atoms with Gasteiger partial charge in [-0.05, 0) is 52.8 Å². The van der Waals surface area contributed by atoms with Crippen LogP contribution in [0.25, 0.3) is 0 Å². The molecule has 0 amide bonds. The highest BCUT2D eigenvalue weighted by Crippen LogP contribution is 2.57. The lowest BCUT2D eigenvalue weighted by molar-refractivity contribution is -0.191. The van der Waals surface area contributed by atoms with E-state index in [0.717, 1.165) is 6.42 Å². The first-order valence-corrected chi connectivity index (χ1v) is 11.6. The number of esters is 1. The van der Waals surface area contributed by atoms with Crippen molar-refractivity contribution in [2.24, 2.45) is 5.41 Å². The number of halogens is 1. The van der Waals surface area contributed by atoms with Crippen LogP contribution in [0.5, 0.6) is 11.5 Å². The monoisotopic (exact) mass is 493 g/mol. The number of para-hydroxylation sites is 1. The quantitative estimate of drug-likeness (QED) is 0.385. The van der Waals surface area contributed by atoms with Crippen LogP contribution >= 0.6 is 15.9 Å². The smallest absolute Gasteiger partial charge is 0.317 e. The van der Waals surface area contributed by atoms with Crippen LogP contribution in [0, 0.1) is 17.3 Å². The molecule has 3 rings (SSSR count). The zero-order valence-corrected chi connectivity index (χ0v) is 20.5. The van der Waals surface area contributed by atoms with Gasteiger partial charge in [0.15, 0.2) is 17.1 Å². The van der Waals surface area contributed by atoms with Crippen LogP contribution in [-0.4, -0.2) is 65.9 Å². The van der Waals surface area contributed by atoms with Crippen molar-refractivity contribution in [2.45, 2.75) is 56.1 Å². The normalized spacial score (nSPS) is 30.3. The number of nitrogens with zero attached hydrogens (tertiary/aromatic N) is 1. The van der Waals surface area contributed by atoms with Gasteiger partial charge >= 0.3 is 5.97 Å². The lowest BCUT2D eigenvalue weighted by Gasteiger charge is -2.60. The molecule has 2 bridgehead atoms. The number of benzene rings is 1. The molecule has 0 radical (unpaired) electrons. The minimum Gasteiger partial charge on any atom is -0.493 e. The molecule has 7 heteroatoms. The molecule has 2 fully saturated rings. The minimum atomic E-state index is -1.60. The SMILES string of the molecule is CCOC(=O)[C@]12CCC[C@](Br)(CN(C)C1)[C@]2(O)C#Cc1cccc(OC)c1OC(C)C. The van der Waals surface area contributed by atoms with Crippen molar-refractivity contribution in [1.29, 1.82) is 0 Å². The number of methoxy groups -OCH3 is 1. The predicted octanol–water partition coefficient (Wildman–Crippen LogP) is 3.38. The van der Waals surface area contributed by atoms with E-state index in [1.54, 1.807) is 14.0 Å². The maximum atomic E-state index is 13.2. The largest absolute Gasteiger partial charge is 0.493 e. The first-order valence-electron chi connectivity index (χ1n) is 10.8. The topological polar surface area (TPSA) is 68.2 Å². The van der Waals surface area contributed by atoms with Gasteiger partial charge in [-0.25, -0.2) is 0 Å². The van der Waals surface area contributed by atoms with Gasteiger partial charge in [-0.15, -0.1) is 0 Å². The van der Waals surface area contributed by atoms with Gasteiger partial charge in [0.25, 0.3) is 0 Å². The van der Waals surface area contributed by atoms with Gasteiger partial charge in [0.05, 0.1) is 29.7 Å². The number of rotatable bonds is 5. The van der Waals surface area contributed by atoms with E-state index in [9.17, 15) is 9.90 Å². The molecule has 1 aromatic carbocycles. The van der Waals surface area contributed by atoms with Crippen molar-refractivity contribution >= 4 is 21.9 Å². The number of carbonyl (C=O) groups is 1. The maximum Gasteiger partial charge on any atom is 0.317 e. The van der Waals surface area contributed by atoms with E-state index in [0.29, 0.717) is 43.0 Å². The lowest BCUT2D eigenvalue weighted by Crippen LogP contribution is -2.75. The third-order valence-electron chi connectivity index (χ3n) is 6.17. The molecule has 0 aromatic heterocycles. The molecule has 1 N–H and O–H groups in total.